The number of sulfone groups is 1. The highest BCUT2D eigenvalue weighted by Crippen LogP contribution is 2.30. The fourth-order valence-corrected chi connectivity index (χ4v) is 5.51. The number of carbonyl (C=O) groups excluding carboxylic acids is 2. The van der Waals surface area contributed by atoms with Crippen molar-refractivity contribution in [1.29, 1.82) is 0 Å². The van der Waals surface area contributed by atoms with E-state index in [1.807, 2.05) is 36.4 Å². The van der Waals surface area contributed by atoms with E-state index in [-0.39, 0.29) is 24.0 Å². The summed E-state index contributed by atoms with van der Waals surface area (Å²) in [6.45, 7) is -0.414. The lowest BCUT2D eigenvalue weighted by atomic mass is 10.0. The van der Waals surface area contributed by atoms with Gasteiger partial charge in [0.1, 0.15) is 5.58 Å². The summed E-state index contributed by atoms with van der Waals surface area (Å²) in [5.41, 5.74) is 1.38. The molecular formula is C21H21NO6S. The number of nitrogens with zero attached hydrogens (tertiary/aromatic N) is 1. The van der Waals surface area contributed by atoms with Gasteiger partial charge in [-0.3, -0.25) is 9.59 Å². The number of amides is 1. The van der Waals surface area contributed by atoms with Gasteiger partial charge in [-0.05, 0) is 23.3 Å². The predicted octanol–water partition coefficient (Wildman–Crippen LogP) is 2.32. The summed E-state index contributed by atoms with van der Waals surface area (Å²) in [4.78, 5) is 25.9. The Hall–Kier alpha value is -2.87. The third-order valence-electron chi connectivity index (χ3n) is 5.38. The summed E-state index contributed by atoms with van der Waals surface area (Å²) in [6.07, 6.45) is 1.93. The van der Waals surface area contributed by atoms with Crippen molar-refractivity contribution in [1.82, 2.24) is 4.90 Å². The van der Waals surface area contributed by atoms with Crippen LogP contribution in [0.1, 0.15) is 12.0 Å². The Kier molecular flexibility index (Phi) is 5.04. The maximum atomic E-state index is 12.3. The second-order valence-electron chi connectivity index (χ2n) is 7.32. The van der Waals surface area contributed by atoms with Crippen molar-refractivity contribution in [2.24, 2.45) is 0 Å². The Morgan fingerprint density at radius 2 is 2.00 bits per heavy atom. The standard InChI is InChI=1S/C21H21NO6S/c1-22(16-8-9-29(25,26)13-16)19(23)12-28-20(24)10-15-11-27-18-7-6-14-4-2-3-5-17(14)21(15)18/h2-7,11,16H,8-10,12-13H2,1H3/t16-/m1/s1. The summed E-state index contributed by atoms with van der Waals surface area (Å²) >= 11 is 0. The largest absolute Gasteiger partial charge is 0.464 e. The molecule has 2 aromatic carbocycles. The van der Waals surface area contributed by atoms with Gasteiger partial charge < -0.3 is 14.1 Å². The lowest BCUT2D eigenvalue weighted by Gasteiger charge is -2.23. The molecule has 8 heteroatoms. The van der Waals surface area contributed by atoms with Gasteiger partial charge in [0.15, 0.2) is 16.4 Å². The maximum absolute atomic E-state index is 12.3. The molecule has 152 valence electrons. The molecule has 1 aliphatic heterocycles. The number of benzene rings is 2. The third-order valence-corrected chi connectivity index (χ3v) is 7.13. The quantitative estimate of drug-likeness (QED) is 0.594. The van der Waals surface area contributed by atoms with Crippen LogP contribution in [0.5, 0.6) is 0 Å². The zero-order valence-electron chi connectivity index (χ0n) is 16.0. The Bertz CT molecular complexity index is 1200. The number of hydrogen-bond donors (Lipinski definition) is 0. The number of carbonyl (C=O) groups is 2. The first-order valence-corrected chi connectivity index (χ1v) is 11.2. The smallest absolute Gasteiger partial charge is 0.310 e. The van der Waals surface area contributed by atoms with E-state index in [0.717, 1.165) is 16.2 Å². The van der Waals surface area contributed by atoms with Gasteiger partial charge in [0.2, 0.25) is 0 Å². The molecule has 1 saturated heterocycles. The van der Waals surface area contributed by atoms with Crippen molar-refractivity contribution in [3.8, 4) is 0 Å². The third kappa shape index (κ3) is 3.98. The molecule has 1 atom stereocenters. The second kappa shape index (κ2) is 7.51. The topological polar surface area (TPSA) is 93.9 Å². The van der Waals surface area contributed by atoms with Crippen molar-refractivity contribution in [3.63, 3.8) is 0 Å². The molecule has 0 unspecified atom stereocenters. The van der Waals surface area contributed by atoms with E-state index in [0.29, 0.717) is 17.6 Å². The number of hydrogen-bond acceptors (Lipinski definition) is 6. The molecule has 0 spiro atoms. The van der Waals surface area contributed by atoms with Gasteiger partial charge in [-0.2, -0.15) is 0 Å². The highest BCUT2D eigenvalue weighted by Gasteiger charge is 2.33. The number of rotatable bonds is 5. The van der Waals surface area contributed by atoms with Crippen LogP contribution in [-0.4, -0.2) is 56.4 Å². The molecule has 1 fully saturated rings. The highest BCUT2D eigenvalue weighted by atomic mass is 32.2. The summed E-state index contributed by atoms with van der Waals surface area (Å²) in [5.74, 6) is -0.919. The number of fused-ring (bicyclic) bond motifs is 3. The van der Waals surface area contributed by atoms with Gasteiger partial charge in [0, 0.05) is 24.0 Å². The molecule has 0 radical (unpaired) electrons. The molecule has 0 saturated carbocycles. The van der Waals surface area contributed by atoms with E-state index in [2.05, 4.69) is 0 Å². The van der Waals surface area contributed by atoms with Crippen molar-refractivity contribution in [2.75, 3.05) is 25.2 Å². The van der Waals surface area contributed by atoms with Crippen LogP contribution in [0, 0.1) is 0 Å². The SMILES string of the molecule is CN(C(=O)COC(=O)Cc1coc2ccc3ccccc3c12)[C@@H]1CCS(=O)(=O)C1. The molecule has 2 heterocycles. The van der Waals surface area contributed by atoms with Gasteiger partial charge in [-0.1, -0.05) is 30.3 Å². The average Bonchev–Trinajstić information content (AvgIpc) is 3.28. The molecule has 0 bridgehead atoms. The molecule has 1 aliphatic rings. The van der Waals surface area contributed by atoms with Crippen molar-refractivity contribution in [2.45, 2.75) is 18.9 Å². The van der Waals surface area contributed by atoms with Gasteiger partial charge in [-0.25, -0.2) is 8.42 Å². The fourth-order valence-electron chi connectivity index (χ4n) is 3.74. The molecule has 4 rings (SSSR count). The lowest BCUT2D eigenvalue weighted by molar-refractivity contribution is -0.151. The van der Waals surface area contributed by atoms with Gasteiger partial charge in [0.05, 0.1) is 24.2 Å². The van der Waals surface area contributed by atoms with Crippen LogP contribution in [0.15, 0.2) is 47.1 Å². The summed E-state index contributed by atoms with van der Waals surface area (Å²) in [6, 6.07) is 11.3. The van der Waals surface area contributed by atoms with E-state index in [4.69, 9.17) is 9.15 Å². The molecule has 1 amide bonds. The summed E-state index contributed by atoms with van der Waals surface area (Å²) < 4.78 is 33.9. The number of furan rings is 1. The molecule has 0 aliphatic carbocycles. The molecule has 3 aromatic rings. The maximum Gasteiger partial charge on any atom is 0.310 e. The van der Waals surface area contributed by atoms with Gasteiger partial charge >= 0.3 is 5.97 Å². The van der Waals surface area contributed by atoms with Crippen LogP contribution >= 0.6 is 0 Å². The minimum atomic E-state index is -3.09. The van der Waals surface area contributed by atoms with Crippen LogP contribution in [0.4, 0.5) is 0 Å². The highest BCUT2D eigenvalue weighted by molar-refractivity contribution is 7.91. The van der Waals surface area contributed by atoms with E-state index in [1.165, 1.54) is 18.2 Å². The van der Waals surface area contributed by atoms with Crippen molar-refractivity contribution >= 4 is 43.5 Å². The van der Waals surface area contributed by atoms with Crippen molar-refractivity contribution < 1.29 is 27.2 Å². The normalized spacial score (nSPS) is 18.2. The Balaban J connectivity index is 1.41. The average molecular weight is 415 g/mol. The van der Waals surface area contributed by atoms with Crippen LogP contribution < -0.4 is 0 Å². The first-order chi connectivity index (χ1) is 13.8. The zero-order valence-corrected chi connectivity index (χ0v) is 16.8. The van der Waals surface area contributed by atoms with Gasteiger partial charge in [-0.15, -0.1) is 0 Å². The first-order valence-electron chi connectivity index (χ1n) is 9.33. The monoisotopic (exact) mass is 415 g/mol. The molecule has 0 N–H and O–H groups in total. The minimum Gasteiger partial charge on any atom is -0.464 e. The summed E-state index contributed by atoms with van der Waals surface area (Å²) in [7, 11) is -1.55. The first kappa shape index (κ1) is 19.4. The van der Waals surface area contributed by atoms with Crippen LogP contribution in [-0.2, 0) is 30.6 Å². The van der Waals surface area contributed by atoms with E-state index in [1.54, 1.807) is 0 Å². The Morgan fingerprint density at radius 3 is 2.76 bits per heavy atom. The Morgan fingerprint density at radius 1 is 1.21 bits per heavy atom. The van der Waals surface area contributed by atoms with E-state index >= 15 is 0 Å². The fraction of sp³-hybridized carbons (Fsp3) is 0.333. The predicted molar refractivity (Wildman–Crippen MR) is 108 cm³/mol. The molecular weight excluding hydrogens is 394 g/mol. The second-order valence-corrected chi connectivity index (χ2v) is 9.55. The Labute approximate surface area is 168 Å². The number of ether oxygens (including phenoxy) is 1. The van der Waals surface area contributed by atoms with Crippen LogP contribution in [0.2, 0.25) is 0 Å². The van der Waals surface area contributed by atoms with Crippen LogP contribution in [0.3, 0.4) is 0 Å². The number of esters is 1. The van der Waals surface area contributed by atoms with Crippen molar-refractivity contribution in [3.05, 3.63) is 48.2 Å². The summed E-state index contributed by atoms with van der Waals surface area (Å²) in [5, 5.41) is 2.89. The molecule has 7 nitrogen and oxygen atoms in total. The zero-order chi connectivity index (χ0) is 20.6. The van der Waals surface area contributed by atoms with Gasteiger partial charge in [0.25, 0.3) is 5.91 Å². The minimum absolute atomic E-state index is 0.0180. The van der Waals surface area contributed by atoms with E-state index in [9.17, 15) is 18.0 Å². The number of likely N-dealkylation sites (N-methyl/N-ethyl adjacent to an activating group) is 1. The molecule has 29 heavy (non-hydrogen) atoms. The molecule has 1 aromatic heterocycles. The van der Waals surface area contributed by atoms with E-state index < -0.39 is 28.3 Å². The van der Waals surface area contributed by atoms with Crippen LogP contribution in [0.25, 0.3) is 21.7 Å². The lowest BCUT2D eigenvalue weighted by Crippen LogP contribution is -2.40.